The molecule has 16 heavy (non-hydrogen) atoms. The quantitative estimate of drug-likeness (QED) is 0.287. The van der Waals surface area contributed by atoms with Gasteiger partial charge in [-0.25, -0.2) is 0 Å². The molecule has 0 saturated heterocycles. The second-order valence-electron chi connectivity index (χ2n) is 3.94. The van der Waals surface area contributed by atoms with Gasteiger partial charge in [-0.15, -0.1) is 0 Å². The van der Waals surface area contributed by atoms with Gasteiger partial charge >= 0.3 is 7.25 Å². The number of unbranched alkanes of at least 4 members (excludes halogenated alkanes) is 2. The Morgan fingerprint density at radius 3 is 1.56 bits per heavy atom. The van der Waals surface area contributed by atoms with Gasteiger partial charge in [0.05, 0.1) is 0 Å². The lowest BCUT2D eigenvalue weighted by Gasteiger charge is -2.18. The molecule has 0 rings (SSSR count). The summed E-state index contributed by atoms with van der Waals surface area (Å²) in [5.41, 5.74) is 0. The molecule has 0 aliphatic heterocycles. The second-order valence-corrected chi connectivity index (χ2v) is 5.00. The molecule has 0 aliphatic rings. The zero-order chi connectivity index (χ0) is 13.2. The summed E-state index contributed by atoms with van der Waals surface area (Å²) in [6, 6.07) is 0. The molecule has 0 bridgehead atoms. The van der Waals surface area contributed by atoms with Gasteiger partial charge in [0, 0.05) is 0 Å². The third-order valence-corrected chi connectivity index (χ3v) is 3.57. The second kappa shape index (κ2) is 9.19. The first-order chi connectivity index (χ1) is 7.18. The van der Waals surface area contributed by atoms with Crippen LogP contribution in [0.3, 0.4) is 0 Å². The van der Waals surface area contributed by atoms with Crippen molar-refractivity contribution in [3.8, 4) is 0 Å². The molecule has 0 amide bonds. The van der Waals surface area contributed by atoms with E-state index in [-0.39, 0.29) is 0 Å². The smallest absolute Gasteiger partial charge is 0.418 e. The van der Waals surface area contributed by atoms with Crippen molar-refractivity contribution < 1.29 is 17.3 Å². The van der Waals surface area contributed by atoms with Crippen molar-refractivity contribution >= 4 is 19.9 Å². The maximum atomic E-state index is 9.75. The van der Waals surface area contributed by atoms with Gasteiger partial charge in [-0.3, -0.25) is 0 Å². The summed E-state index contributed by atoms with van der Waals surface area (Å²) in [4.78, 5) is 0. The highest BCUT2D eigenvalue weighted by atomic mass is 32.1. The van der Waals surface area contributed by atoms with E-state index in [9.17, 15) is 17.3 Å². The Bertz CT molecular complexity index is 151. The van der Waals surface area contributed by atoms with Crippen LogP contribution in [0.5, 0.6) is 0 Å². The number of halogens is 4. The highest BCUT2D eigenvalue weighted by Gasteiger charge is 2.26. The molecule has 6 heteroatoms. The van der Waals surface area contributed by atoms with E-state index in [2.05, 4.69) is 33.4 Å². The monoisotopic (exact) mass is 262 g/mol. The summed E-state index contributed by atoms with van der Waals surface area (Å²) in [7, 11) is -6.00. The van der Waals surface area contributed by atoms with Crippen molar-refractivity contribution in [2.75, 3.05) is 0 Å². The molecule has 0 aromatic heterocycles. The SMILES string of the molecule is CCCCCC([SH2+])(CC)CC.F[B-](F)(F)F. The maximum Gasteiger partial charge on any atom is 0.673 e. The van der Waals surface area contributed by atoms with Crippen molar-refractivity contribution in [2.24, 2.45) is 0 Å². The fourth-order valence-electron chi connectivity index (χ4n) is 1.32. The number of rotatable bonds is 6. The van der Waals surface area contributed by atoms with Gasteiger partial charge in [-0.1, -0.05) is 33.6 Å². The van der Waals surface area contributed by atoms with Crippen molar-refractivity contribution in [1.29, 1.82) is 0 Å². The molecule has 0 fully saturated rings. The summed E-state index contributed by atoms with van der Waals surface area (Å²) in [5, 5.41) is 0. The molecular formula is C10H23BF4S. The van der Waals surface area contributed by atoms with E-state index in [4.69, 9.17) is 0 Å². The molecule has 0 atom stereocenters. The van der Waals surface area contributed by atoms with Gasteiger partial charge < -0.3 is 17.3 Å². The van der Waals surface area contributed by atoms with Crippen LogP contribution in [0, 0.1) is 0 Å². The average molecular weight is 262 g/mol. The summed E-state index contributed by atoms with van der Waals surface area (Å²) in [6.45, 7) is 6.79. The summed E-state index contributed by atoms with van der Waals surface area (Å²) in [5.74, 6) is 0. The van der Waals surface area contributed by atoms with Crippen LogP contribution in [0.1, 0.15) is 59.3 Å². The van der Waals surface area contributed by atoms with Crippen LogP contribution in [0.4, 0.5) is 17.3 Å². The van der Waals surface area contributed by atoms with E-state index < -0.39 is 7.25 Å². The van der Waals surface area contributed by atoms with Crippen molar-refractivity contribution in [2.45, 2.75) is 64.0 Å². The topological polar surface area (TPSA) is 0 Å². The van der Waals surface area contributed by atoms with E-state index in [1.54, 1.807) is 0 Å². The first-order valence-corrected chi connectivity index (χ1v) is 6.30. The molecule has 0 radical (unpaired) electrons. The predicted octanol–water partition coefficient (Wildman–Crippen LogP) is 4.44. The van der Waals surface area contributed by atoms with E-state index in [0.29, 0.717) is 4.75 Å². The molecular weight excluding hydrogens is 239 g/mol. The molecule has 0 saturated carbocycles. The largest absolute Gasteiger partial charge is 0.673 e. The summed E-state index contributed by atoms with van der Waals surface area (Å²) >= 11 is 3.87. The number of hydrogen-bond donors (Lipinski definition) is 0. The fourth-order valence-corrected chi connectivity index (χ4v) is 1.49. The highest BCUT2D eigenvalue weighted by molar-refractivity contribution is 7.60. The molecule has 0 heterocycles. The van der Waals surface area contributed by atoms with Crippen LogP contribution in [0.2, 0.25) is 0 Å². The van der Waals surface area contributed by atoms with Crippen LogP contribution in [0.25, 0.3) is 0 Å². The Morgan fingerprint density at radius 2 is 1.31 bits per heavy atom. The van der Waals surface area contributed by atoms with E-state index in [1.807, 2.05) is 0 Å². The Morgan fingerprint density at radius 1 is 0.938 bits per heavy atom. The lowest BCUT2D eigenvalue weighted by Crippen LogP contribution is -2.23. The molecule has 0 nitrogen and oxygen atoms in total. The molecule has 100 valence electrons. The van der Waals surface area contributed by atoms with Gasteiger partial charge in [0.25, 0.3) is 0 Å². The zero-order valence-corrected chi connectivity index (χ0v) is 11.3. The Hall–Kier alpha value is 0.135. The van der Waals surface area contributed by atoms with Gasteiger partial charge in [0.1, 0.15) is 4.75 Å². The third-order valence-electron chi connectivity index (χ3n) is 2.61. The molecule has 0 aliphatic carbocycles. The lowest BCUT2D eigenvalue weighted by atomic mass is 9.95. The summed E-state index contributed by atoms with van der Waals surface area (Å²) in [6.07, 6.45) is 7.93. The van der Waals surface area contributed by atoms with Crippen LogP contribution >= 0.6 is 0 Å². The molecule has 0 aromatic rings. The van der Waals surface area contributed by atoms with Gasteiger partial charge in [-0.2, -0.15) is 0 Å². The van der Waals surface area contributed by atoms with Crippen molar-refractivity contribution in [3.63, 3.8) is 0 Å². The minimum Gasteiger partial charge on any atom is -0.418 e. The third kappa shape index (κ3) is 16.6. The zero-order valence-electron chi connectivity index (χ0n) is 10.3. The van der Waals surface area contributed by atoms with Crippen molar-refractivity contribution in [3.05, 3.63) is 0 Å². The van der Waals surface area contributed by atoms with Crippen LogP contribution < -0.4 is 0 Å². The molecule has 0 N–H and O–H groups in total. The standard InChI is InChI=1S/C10H22S.BF4/c1-4-7-8-9-10(11,5-2)6-3;2-1(3,4)5/h11H,4-9H2,1-3H3;/q;-1/p+1. The Balaban J connectivity index is 0. The number of hydrogen-bond acceptors (Lipinski definition) is 0. The van der Waals surface area contributed by atoms with Crippen LogP contribution in [-0.4, -0.2) is 12.0 Å². The van der Waals surface area contributed by atoms with E-state index >= 15 is 0 Å². The molecule has 0 unspecified atom stereocenters. The highest BCUT2D eigenvalue weighted by Crippen LogP contribution is 2.23. The maximum absolute atomic E-state index is 9.75. The van der Waals surface area contributed by atoms with E-state index in [1.165, 1.54) is 38.5 Å². The first kappa shape index (κ1) is 18.5. The minimum atomic E-state index is -6.00. The summed E-state index contributed by atoms with van der Waals surface area (Å²) < 4.78 is 39.4. The Labute approximate surface area is 102 Å². The Kier molecular flexibility index (Phi) is 10.6. The van der Waals surface area contributed by atoms with Crippen molar-refractivity contribution in [1.82, 2.24) is 0 Å². The average Bonchev–Trinajstić information content (AvgIpc) is 2.15. The fraction of sp³-hybridized carbons (Fsp3) is 1.00. The predicted molar refractivity (Wildman–Crippen MR) is 67.8 cm³/mol. The van der Waals surface area contributed by atoms with Gasteiger partial charge in [0.15, 0.2) is 0 Å². The minimum absolute atomic E-state index is 0.440. The first-order valence-electron chi connectivity index (χ1n) is 5.80. The lowest BCUT2D eigenvalue weighted by molar-refractivity contribution is 0.368. The van der Waals surface area contributed by atoms with Gasteiger partial charge in [-0.05, 0) is 38.3 Å². The van der Waals surface area contributed by atoms with Crippen LogP contribution in [-0.2, 0) is 12.6 Å². The van der Waals surface area contributed by atoms with Gasteiger partial charge in [0.2, 0.25) is 0 Å². The molecule has 0 aromatic carbocycles. The van der Waals surface area contributed by atoms with Crippen LogP contribution in [0.15, 0.2) is 0 Å². The van der Waals surface area contributed by atoms with E-state index in [0.717, 1.165) is 0 Å². The molecule has 0 spiro atoms. The normalized spacial score (nSPS) is 12.0.